The molecule has 0 aromatic carbocycles. The summed E-state index contributed by atoms with van der Waals surface area (Å²) in [7, 11) is 0. The Morgan fingerprint density at radius 2 is 1.82 bits per heavy atom. The summed E-state index contributed by atoms with van der Waals surface area (Å²) in [6, 6.07) is -1.20. The van der Waals surface area contributed by atoms with Gasteiger partial charge in [-0.25, -0.2) is 0 Å². The Morgan fingerprint density at radius 3 is 2.24 bits per heavy atom. The topological polar surface area (TPSA) is 138 Å². The molecule has 5 N–H and O–H groups in total. The normalized spacial score (nSPS) is 28.4. The third-order valence-electron chi connectivity index (χ3n) is 2.75. The van der Waals surface area contributed by atoms with E-state index in [-0.39, 0.29) is 11.7 Å². The van der Waals surface area contributed by atoms with Crippen molar-refractivity contribution in [1.29, 1.82) is 0 Å². The van der Waals surface area contributed by atoms with Crippen LogP contribution in [0.5, 0.6) is 0 Å². The van der Waals surface area contributed by atoms with Crippen molar-refractivity contribution in [3.63, 3.8) is 0 Å². The van der Waals surface area contributed by atoms with E-state index in [0.29, 0.717) is 5.75 Å². The average Bonchev–Trinajstić information content (AvgIpc) is 2.90. The van der Waals surface area contributed by atoms with Crippen LogP contribution in [-0.4, -0.2) is 50.8 Å². The molecular weight excluding hydrogens is 250 g/mol. The molecule has 0 aromatic heterocycles. The number of thioether (sulfide) groups is 1. The molecule has 8 heteroatoms. The van der Waals surface area contributed by atoms with Gasteiger partial charge in [-0.05, 0) is 11.7 Å². The third kappa shape index (κ3) is 3.34. The van der Waals surface area contributed by atoms with Crippen LogP contribution in [0.15, 0.2) is 0 Å². The van der Waals surface area contributed by atoms with Gasteiger partial charge in [-0.3, -0.25) is 14.4 Å². The quantitative estimate of drug-likeness (QED) is 0.466. The molecule has 0 radical (unpaired) electrons. The lowest BCUT2D eigenvalue weighted by Crippen LogP contribution is -2.34. The van der Waals surface area contributed by atoms with Crippen molar-refractivity contribution < 1.29 is 29.7 Å². The Morgan fingerprint density at radius 1 is 1.24 bits per heavy atom. The number of hydrogen-bond acceptors (Lipinski definition) is 5. The first-order chi connectivity index (χ1) is 7.86. The molecule has 1 unspecified atom stereocenters. The van der Waals surface area contributed by atoms with Gasteiger partial charge in [0.05, 0.1) is 11.7 Å². The number of hydrogen-bond donors (Lipinski definition) is 4. The predicted octanol–water partition coefficient (Wildman–Crippen LogP) is -0.837. The maximum atomic E-state index is 10.8. The molecule has 1 aliphatic rings. The van der Waals surface area contributed by atoms with Gasteiger partial charge in [-0.15, -0.1) is 11.8 Å². The minimum atomic E-state index is -1.23. The molecule has 0 amide bonds. The molecule has 1 rings (SSSR count). The second-order valence-corrected chi connectivity index (χ2v) is 4.91. The van der Waals surface area contributed by atoms with E-state index in [4.69, 9.17) is 21.1 Å². The van der Waals surface area contributed by atoms with E-state index in [2.05, 4.69) is 0 Å². The first kappa shape index (κ1) is 13.8. The number of aliphatic carboxylic acids is 3. The summed E-state index contributed by atoms with van der Waals surface area (Å²) in [6.07, 6.45) is 0. The number of carboxylic acids is 3. The molecule has 0 aliphatic heterocycles. The molecule has 1 saturated carbocycles. The van der Waals surface area contributed by atoms with E-state index in [1.54, 1.807) is 0 Å². The fourth-order valence-corrected chi connectivity index (χ4v) is 2.89. The molecule has 1 fully saturated rings. The average molecular weight is 263 g/mol. The van der Waals surface area contributed by atoms with Gasteiger partial charge in [0.1, 0.15) is 6.04 Å². The van der Waals surface area contributed by atoms with Crippen LogP contribution >= 0.6 is 11.8 Å². The monoisotopic (exact) mass is 263 g/mol. The molecule has 0 heterocycles. The molecule has 0 aromatic rings. The van der Waals surface area contributed by atoms with Gasteiger partial charge in [0.2, 0.25) is 0 Å². The van der Waals surface area contributed by atoms with Gasteiger partial charge in [-0.2, -0.15) is 0 Å². The van der Waals surface area contributed by atoms with Gasteiger partial charge in [0, 0.05) is 5.92 Å². The Hall–Kier alpha value is -1.28. The van der Waals surface area contributed by atoms with Crippen molar-refractivity contribution in [3.8, 4) is 0 Å². The van der Waals surface area contributed by atoms with E-state index in [1.807, 2.05) is 0 Å². The highest BCUT2D eigenvalue weighted by molar-refractivity contribution is 7.99. The lowest BCUT2D eigenvalue weighted by molar-refractivity contribution is -0.140. The minimum Gasteiger partial charge on any atom is -0.481 e. The van der Waals surface area contributed by atoms with Crippen LogP contribution in [-0.2, 0) is 14.4 Å². The molecule has 7 nitrogen and oxygen atoms in total. The third-order valence-corrected chi connectivity index (χ3v) is 3.82. The Balaban J connectivity index is 2.50. The number of carboxylic acid groups (broad SMARTS) is 3. The van der Waals surface area contributed by atoms with Crippen LogP contribution in [0.4, 0.5) is 0 Å². The largest absolute Gasteiger partial charge is 0.481 e. The maximum absolute atomic E-state index is 10.8. The molecule has 0 bridgehead atoms. The Kier molecular flexibility index (Phi) is 4.35. The van der Waals surface area contributed by atoms with Crippen molar-refractivity contribution in [2.45, 2.75) is 6.04 Å². The lowest BCUT2D eigenvalue weighted by atomic mass is 10.1. The molecule has 0 spiro atoms. The summed E-state index contributed by atoms with van der Waals surface area (Å²) in [6.45, 7) is 0. The predicted molar refractivity (Wildman–Crippen MR) is 58.7 cm³/mol. The Labute approximate surface area is 101 Å². The summed E-state index contributed by atoms with van der Waals surface area (Å²) < 4.78 is 0. The zero-order valence-corrected chi connectivity index (χ0v) is 9.59. The number of rotatable bonds is 7. The van der Waals surface area contributed by atoms with Crippen LogP contribution in [0.1, 0.15) is 0 Å². The van der Waals surface area contributed by atoms with E-state index >= 15 is 0 Å². The first-order valence-corrected chi connectivity index (χ1v) is 6.02. The highest BCUT2D eigenvalue weighted by Gasteiger charge is 2.59. The van der Waals surface area contributed by atoms with Crippen LogP contribution < -0.4 is 5.73 Å². The lowest BCUT2D eigenvalue weighted by Gasteiger charge is -2.04. The van der Waals surface area contributed by atoms with Crippen LogP contribution in [0, 0.1) is 17.8 Å². The summed E-state index contributed by atoms with van der Waals surface area (Å²) in [4.78, 5) is 31.8. The molecule has 1 aliphatic carbocycles. The standard InChI is InChI=1S/C9H13NO6S/c10-7(9(15)16)5-3(6(5)8(13)14)1-17-2-4(11)12/h3,5-7H,1-2,10H2,(H,11,12)(H,13,14)(H,15,16)/t3-,5+,6+,7?/m1/s1. The number of nitrogens with two attached hydrogens (primary N) is 1. The van der Waals surface area contributed by atoms with Crippen LogP contribution in [0.25, 0.3) is 0 Å². The summed E-state index contributed by atoms with van der Waals surface area (Å²) >= 11 is 1.07. The van der Waals surface area contributed by atoms with E-state index in [9.17, 15) is 14.4 Å². The smallest absolute Gasteiger partial charge is 0.320 e. The number of carbonyl (C=O) groups is 3. The van der Waals surface area contributed by atoms with Gasteiger partial charge in [0.15, 0.2) is 0 Å². The van der Waals surface area contributed by atoms with Crippen LogP contribution in [0.3, 0.4) is 0 Å². The summed E-state index contributed by atoms with van der Waals surface area (Å²) in [5.74, 6) is -4.86. The fourth-order valence-electron chi connectivity index (χ4n) is 1.90. The molecule has 0 saturated heterocycles. The summed E-state index contributed by atoms with van der Waals surface area (Å²) in [5.41, 5.74) is 5.38. The van der Waals surface area contributed by atoms with Gasteiger partial charge >= 0.3 is 17.9 Å². The van der Waals surface area contributed by atoms with E-state index in [0.717, 1.165) is 11.8 Å². The van der Waals surface area contributed by atoms with Gasteiger partial charge in [0.25, 0.3) is 0 Å². The SMILES string of the molecule is NC(C(=O)O)[C@H]1[C@@H](CSCC(=O)O)[C@@H]1C(=O)O. The van der Waals surface area contributed by atoms with Gasteiger partial charge < -0.3 is 21.1 Å². The second-order valence-electron chi connectivity index (χ2n) is 3.88. The van der Waals surface area contributed by atoms with Crippen molar-refractivity contribution in [1.82, 2.24) is 0 Å². The van der Waals surface area contributed by atoms with E-state index < -0.39 is 35.8 Å². The zero-order chi connectivity index (χ0) is 13.2. The van der Waals surface area contributed by atoms with Crippen molar-refractivity contribution in [2.75, 3.05) is 11.5 Å². The minimum absolute atomic E-state index is 0.127. The molecule has 17 heavy (non-hydrogen) atoms. The highest BCUT2D eigenvalue weighted by Crippen LogP contribution is 2.49. The Bertz CT molecular complexity index is 346. The second kappa shape index (κ2) is 5.37. The molecule has 96 valence electrons. The fraction of sp³-hybridized carbons (Fsp3) is 0.667. The first-order valence-electron chi connectivity index (χ1n) is 4.87. The van der Waals surface area contributed by atoms with Crippen molar-refractivity contribution in [3.05, 3.63) is 0 Å². The van der Waals surface area contributed by atoms with Crippen LogP contribution in [0.2, 0.25) is 0 Å². The van der Waals surface area contributed by atoms with Gasteiger partial charge in [-0.1, -0.05) is 0 Å². The molecular formula is C9H13NO6S. The van der Waals surface area contributed by atoms with E-state index in [1.165, 1.54) is 0 Å². The van der Waals surface area contributed by atoms with Crippen molar-refractivity contribution in [2.24, 2.45) is 23.5 Å². The zero-order valence-electron chi connectivity index (χ0n) is 8.78. The molecule has 4 atom stereocenters. The van der Waals surface area contributed by atoms with Crippen molar-refractivity contribution >= 4 is 29.7 Å². The summed E-state index contributed by atoms with van der Waals surface area (Å²) in [5, 5.41) is 26.0. The highest BCUT2D eigenvalue weighted by atomic mass is 32.2. The maximum Gasteiger partial charge on any atom is 0.320 e.